The summed E-state index contributed by atoms with van der Waals surface area (Å²) in [5, 5.41) is 27.5. The Labute approximate surface area is 193 Å². The van der Waals surface area contributed by atoms with Crippen LogP contribution in [0.5, 0.6) is 0 Å². The van der Waals surface area contributed by atoms with Crippen molar-refractivity contribution in [3.05, 3.63) is 95.9 Å². The zero-order valence-corrected chi connectivity index (χ0v) is 17.6. The molecule has 34 heavy (non-hydrogen) atoms. The van der Waals surface area contributed by atoms with Crippen molar-refractivity contribution in [3.63, 3.8) is 0 Å². The van der Waals surface area contributed by atoms with Crippen molar-refractivity contribution in [1.82, 2.24) is 20.0 Å². The van der Waals surface area contributed by atoms with Crippen molar-refractivity contribution in [2.24, 2.45) is 11.6 Å². The SMILES string of the molecule is N/C(=C\N(N)c1ccc(C(=O)O)cc1)c1cccc(-c2cn(-c3ccc(C(=O)O)cc3)nn2)n1. The molecule has 0 atom stereocenters. The monoisotopic (exact) mass is 457 g/mol. The number of anilines is 1. The highest BCUT2D eigenvalue weighted by Crippen LogP contribution is 2.19. The average molecular weight is 457 g/mol. The molecule has 0 aliphatic rings. The Morgan fingerprint density at radius 3 is 2.12 bits per heavy atom. The first-order valence-electron chi connectivity index (χ1n) is 9.90. The van der Waals surface area contributed by atoms with Crippen molar-refractivity contribution in [1.29, 1.82) is 0 Å². The summed E-state index contributed by atoms with van der Waals surface area (Å²) >= 11 is 0. The Kier molecular flexibility index (Phi) is 6.01. The maximum absolute atomic E-state index is 11.0. The molecule has 11 nitrogen and oxygen atoms in total. The highest BCUT2D eigenvalue weighted by atomic mass is 16.4. The highest BCUT2D eigenvalue weighted by Gasteiger charge is 2.11. The molecule has 4 rings (SSSR count). The van der Waals surface area contributed by atoms with Gasteiger partial charge in [-0.05, 0) is 60.7 Å². The number of hydrogen-bond acceptors (Lipinski definition) is 8. The number of aromatic nitrogens is 4. The fourth-order valence-corrected chi connectivity index (χ4v) is 3.07. The molecule has 0 saturated heterocycles. The van der Waals surface area contributed by atoms with Crippen LogP contribution in [0, 0.1) is 0 Å². The summed E-state index contributed by atoms with van der Waals surface area (Å²) < 4.78 is 1.51. The maximum atomic E-state index is 11.0. The molecule has 0 spiro atoms. The number of hydrazine groups is 1. The lowest BCUT2D eigenvalue weighted by atomic mass is 10.2. The summed E-state index contributed by atoms with van der Waals surface area (Å²) in [7, 11) is 0. The quantitative estimate of drug-likeness (QED) is 0.238. The van der Waals surface area contributed by atoms with Gasteiger partial charge in [-0.25, -0.2) is 25.1 Å². The van der Waals surface area contributed by atoms with Crippen LogP contribution < -0.4 is 16.6 Å². The summed E-state index contributed by atoms with van der Waals surface area (Å²) in [4.78, 5) is 26.5. The number of nitrogens with zero attached hydrogens (tertiary/aromatic N) is 5. The van der Waals surface area contributed by atoms with Gasteiger partial charge in [-0.1, -0.05) is 11.3 Å². The fourth-order valence-electron chi connectivity index (χ4n) is 3.07. The molecule has 0 amide bonds. The molecule has 170 valence electrons. The maximum Gasteiger partial charge on any atom is 0.335 e. The van der Waals surface area contributed by atoms with E-state index in [0.717, 1.165) is 0 Å². The van der Waals surface area contributed by atoms with Crippen LogP contribution >= 0.6 is 0 Å². The first kappa shape index (κ1) is 22.2. The van der Waals surface area contributed by atoms with E-state index < -0.39 is 11.9 Å². The lowest BCUT2D eigenvalue weighted by Crippen LogP contribution is -2.25. The van der Waals surface area contributed by atoms with Crippen LogP contribution in [0.3, 0.4) is 0 Å². The highest BCUT2D eigenvalue weighted by molar-refractivity contribution is 5.88. The van der Waals surface area contributed by atoms with Gasteiger partial charge < -0.3 is 15.9 Å². The molecule has 0 saturated carbocycles. The molecule has 6 N–H and O–H groups in total. The van der Waals surface area contributed by atoms with Gasteiger partial charge in [-0.2, -0.15) is 0 Å². The Bertz CT molecular complexity index is 1380. The molecule has 0 fully saturated rings. The van der Waals surface area contributed by atoms with Crippen LogP contribution in [-0.4, -0.2) is 42.1 Å². The van der Waals surface area contributed by atoms with Gasteiger partial charge in [0, 0.05) is 6.20 Å². The number of benzene rings is 2. The summed E-state index contributed by atoms with van der Waals surface area (Å²) in [5.41, 5.74) is 9.45. The third kappa shape index (κ3) is 4.74. The number of pyridine rings is 1. The summed E-state index contributed by atoms with van der Waals surface area (Å²) in [5.74, 6) is 4.01. The second kappa shape index (κ2) is 9.22. The molecular weight excluding hydrogens is 438 g/mol. The number of aromatic carboxylic acids is 2. The Hall–Kier alpha value is -5.03. The number of nitrogens with two attached hydrogens (primary N) is 2. The topological polar surface area (TPSA) is 173 Å². The molecule has 0 aliphatic carbocycles. The number of carbonyl (C=O) groups is 2. The summed E-state index contributed by atoms with van der Waals surface area (Å²) in [6.07, 6.45) is 3.14. The van der Waals surface area contributed by atoms with Crippen LogP contribution in [0.15, 0.2) is 79.1 Å². The summed E-state index contributed by atoms with van der Waals surface area (Å²) in [6, 6.07) is 17.5. The van der Waals surface area contributed by atoms with Crippen molar-refractivity contribution in [2.75, 3.05) is 5.01 Å². The number of rotatable bonds is 7. The van der Waals surface area contributed by atoms with E-state index in [1.807, 2.05) is 0 Å². The van der Waals surface area contributed by atoms with E-state index in [1.165, 1.54) is 40.2 Å². The molecule has 4 aromatic rings. The summed E-state index contributed by atoms with van der Waals surface area (Å²) in [6.45, 7) is 0. The Morgan fingerprint density at radius 2 is 1.50 bits per heavy atom. The fraction of sp³-hybridized carbons (Fsp3) is 0. The lowest BCUT2D eigenvalue weighted by molar-refractivity contribution is 0.0686. The molecule has 0 aliphatic heterocycles. The average Bonchev–Trinajstić information content (AvgIpc) is 3.34. The van der Waals surface area contributed by atoms with Gasteiger partial charge in [0.05, 0.1) is 45.8 Å². The van der Waals surface area contributed by atoms with Crippen LogP contribution in [0.1, 0.15) is 26.4 Å². The van der Waals surface area contributed by atoms with Gasteiger partial charge in [0.15, 0.2) is 0 Å². The van der Waals surface area contributed by atoms with Gasteiger partial charge in [0.25, 0.3) is 0 Å². The van der Waals surface area contributed by atoms with Gasteiger partial charge in [0.2, 0.25) is 0 Å². The number of carboxylic acid groups (broad SMARTS) is 2. The molecule has 0 bridgehead atoms. The van der Waals surface area contributed by atoms with E-state index in [-0.39, 0.29) is 16.8 Å². The van der Waals surface area contributed by atoms with Gasteiger partial charge >= 0.3 is 11.9 Å². The van der Waals surface area contributed by atoms with E-state index >= 15 is 0 Å². The number of carboxylic acids is 2. The predicted molar refractivity (Wildman–Crippen MR) is 124 cm³/mol. The third-order valence-electron chi connectivity index (χ3n) is 4.87. The van der Waals surface area contributed by atoms with Gasteiger partial charge in [0.1, 0.15) is 5.69 Å². The predicted octanol–water partition coefficient (Wildman–Crippen LogP) is 2.36. The lowest BCUT2D eigenvalue weighted by Gasteiger charge is -2.15. The van der Waals surface area contributed by atoms with E-state index in [2.05, 4.69) is 15.3 Å². The Morgan fingerprint density at radius 1 is 0.882 bits per heavy atom. The minimum absolute atomic E-state index is 0.148. The zero-order valence-electron chi connectivity index (χ0n) is 17.6. The largest absolute Gasteiger partial charge is 0.478 e. The molecule has 0 radical (unpaired) electrons. The van der Waals surface area contributed by atoms with Crippen LogP contribution in [0.25, 0.3) is 22.8 Å². The molecule has 2 aromatic carbocycles. The zero-order chi connectivity index (χ0) is 24.2. The van der Waals surface area contributed by atoms with E-state index in [0.29, 0.717) is 28.5 Å². The molecular formula is C23H19N7O4. The molecule has 11 heteroatoms. The molecule has 2 heterocycles. The van der Waals surface area contributed by atoms with Gasteiger partial charge in [-0.3, -0.25) is 5.01 Å². The minimum Gasteiger partial charge on any atom is -0.478 e. The van der Waals surface area contributed by atoms with E-state index in [4.69, 9.17) is 21.8 Å². The minimum atomic E-state index is -1.03. The Balaban J connectivity index is 1.54. The van der Waals surface area contributed by atoms with Crippen molar-refractivity contribution in [3.8, 4) is 17.1 Å². The van der Waals surface area contributed by atoms with Crippen molar-refractivity contribution < 1.29 is 19.8 Å². The molecule has 2 aromatic heterocycles. The smallest absolute Gasteiger partial charge is 0.335 e. The van der Waals surface area contributed by atoms with E-state index in [1.54, 1.807) is 48.7 Å². The first-order chi connectivity index (χ1) is 16.3. The van der Waals surface area contributed by atoms with Crippen LogP contribution in [0.2, 0.25) is 0 Å². The first-order valence-corrected chi connectivity index (χ1v) is 9.90. The second-order valence-corrected chi connectivity index (χ2v) is 7.15. The van der Waals surface area contributed by atoms with Crippen molar-refractivity contribution >= 4 is 23.3 Å². The van der Waals surface area contributed by atoms with Crippen LogP contribution in [0.4, 0.5) is 5.69 Å². The second-order valence-electron chi connectivity index (χ2n) is 7.15. The van der Waals surface area contributed by atoms with E-state index in [9.17, 15) is 9.59 Å². The van der Waals surface area contributed by atoms with Crippen molar-refractivity contribution in [2.45, 2.75) is 0 Å². The normalized spacial score (nSPS) is 11.3. The third-order valence-corrected chi connectivity index (χ3v) is 4.87. The standard InChI is InChI=1S/C23H19N7O4/c24-18(12-29(25)16-8-4-14(5-9-16)22(31)32)19-2-1-3-20(26-19)21-13-30(28-27-21)17-10-6-15(7-11-17)23(33)34/h1-13H,24-25H2,(H,31,32)(H,33,34)/b18-12-. The number of hydrogen-bond donors (Lipinski definition) is 4. The van der Waals surface area contributed by atoms with Crippen LogP contribution in [-0.2, 0) is 0 Å². The van der Waals surface area contributed by atoms with Gasteiger partial charge in [-0.15, -0.1) is 5.10 Å². The molecule has 0 unspecified atom stereocenters.